The van der Waals surface area contributed by atoms with E-state index in [0.29, 0.717) is 34.7 Å². The maximum absolute atomic E-state index is 10.2. The number of phenols is 1. The molecule has 30 heavy (non-hydrogen) atoms. The lowest BCUT2D eigenvalue weighted by Gasteiger charge is -2.51. The van der Waals surface area contributed by atoms with Crippen LogP contribution in [0.2, 0.25) is 5.02 Å². The van der Waals surface area contributed by atoms with Gasteiger partial charge in [-0.1, -0.05) is 24.6 Å². The Bertz CT molecular complexity index is 945. The number of ether oxygens (including phenoxy) is 1. The average molecular weight is 426 g/mol. The average Bonchev–Trinajstić information content (AvgIpc) is 3.10. The largest absolute Gasteiger partial charge is 0.508 e. The van der Waals surface area contributed by atoms with Crippen molar-refractivity contribution >= 4 is 11.6 Å². The van der Waals surface area contributed by atoms with Crippen molar-refractivity contribution in [3.05, 3.63) is 58.1 Å². The first kappa shape index (κ1) is 20.2. The minimum Gasteiger partial charge on any atom is -0.508 e. The van der Waals surface area contributed by atoms with E-state index in [4.69, 9.17) is 16.3 Å². The first-order chi connectivity index (χ1) is 14.5. The molecule has 2 aromatic rings. The summed E-state index contributed by atoms with van der Waals surface area (Å²) in [5.41, 5.74) is 4.31. The minimum absolute atomic E-state index is 0.328. The quantitative estimate of drug-likeness (QED) is 0.624. The van der Waals surface area contributed by atoms with Crippen LogP contribution in [-0.4, -0.2) is 18.3 Å². The summed E-state index contributed by atoms with van der Waals surface area (Å²) in [7, 11) is 1.76. The first-order valence-corrected chi connectivity index (χ1v) is 11.7. The molecule has 0 aromatic heterocycles. The molecule has 0 spiro atoms. The van der Waals surface area contributed by atoms with Crippen LogP contribution in [0.4, 0.5) is 0 Å². The molecular weight excluding hydrogens is 394 g/mol. The van der Waals surface area contributed by atoms with Crippen molar-refractivity contribution < 1.29 is 9.84 Å². The van der Waals surface area contributed by atoms with Crippen LogP contribution in [-0.2, 0) is 13.0 Å². The first-order valence-electron chi connectivity index (χ1n) is 11.4. The van der Waals surface area contributed by atoms with Crippen LogP contribution in [0.5, 0.6) is 11.5 Å². The molecule has 5 rings (SSSR count). The van der Waals surface area contributed by atoms with E-state index in [0.717, 1.165) is 23.1 Å². The van der Waals surface area contributed by atoms with Crippen LogP contribution >= 0.6 is 11.6 Å². The second kappa shape index (κ2) is 7.76. The van der Waals surface area contributed by atoms with E-state index in [1.54, 1.807) is 24.8 Å². The summed E-state index contributed by atoms with van der Waals surface area (Å²) < 4.78 is 5.46. The molecule has 5 atom stereocenters. The predicted molar refractivity (Wildman–Crippen MR) is 121 cm³/mol. The zero-order valence-electron chi connectivity index (χ0n) is 18.0. The number of hydrogen-bond acceptors (Lipinski definition) is 3. The van der Waals surface area contributed by atoms with Gasteiger partial charge in [-0.3, -0.25) is 0 Å². The van der Waals surface area contributed by atoms with E-state index < -0.39 is 0 Å². The fourth-order valence-corrected chi connectivity index (χ4v) is 7.14. The van der Waals surface area contributed by atoms with Gasteiger partial charge in [-0.05, 0) is 103 Å². The SMILES string of the molecule is COc1ccc2c(c1)CC[C@@H]1[C@@H]2CC[C@]2(C)[C@@H](NCc3cc(Cl)ccc3O)CC[C@@H]12. The van der Waals surface area contributed by atoms with Crippen molar-refractivity contribution in [1.29, 1.82) is 0 Å². The number of benzene rings is 2. The zero-order valence-corrected chi connectivity index (χ0v) is 18.7. The van der Waals surface area contributed by atoms with Crippen molar-refractivity contribution in [2.45, 2.75) is 64.0 Å². The summed E-state index contributed by atoms with van der Waals surface area (Å²) >= 11 is 6.14. The second-order valence-electron chi connectivity index (χ2n) is 9.81. The molecule has 0 radical (unpaired) electrons. The van der Waals surface area contributed by atoms with E-state index in [1.807, 2.05) is 6.07 Å². The van der Waals surface area contributed by atoms with Gasteiger partial charge in [0, 0.05) is 23.2 Å². The van der Waals surface area contributed by atoms with Crippen LogP contribution in [0, 0.1) is 17.3 Å². The topological polar surface area (TPSA) is 41.5 Å². The number of methoxy groups -OCH3 is 1. The fraction of sp³-hybridized carbons (Fsp3) is 0.538. The normalized spacial score (nSPS) is 32.2. The lowest BCUT2D eigenvalue weighted by atomic mass is 9.55. The molecule has 2 saturated carbocycles. The summed E-state index contributed by atoms with van der Waals surface area (Å²) in [4.78, 5) is 0. The molecule has 0 saturated heterocycles. The van der Waals surface area contributed by atoms with Crippen molar-refractivity contribution in [2.24, 2.45) is 17.3 Å². The lowest BCUT2D eigenvalue weighted by molar-refractivity contribution is 0.0407. The third-order valence-corrected chi connectivity index (χ3v) is 8.75. The van der Waals surface area contributed by atoms with Gasteiger partial charge >= 0.3 is 0 Å². The monoisotopic (exact) mass is 425 g/mol. The molecule has 0 heterocycles. The van der Waals surface area contributed by atoms with Crippen LogP contribution in [0.25, 0.3) is 0 Å². The molecule has 0 aliphatic heterocycles. The van der Waals surface area contributed by atoms with Crippen LogP contribution < -0.4 is 10.1 Å². The van der Waals surface area contributed by atoms with Gasteiger partial charge in [-0.25, -0.2) is 0 Å². The van der Waals surface area contributed by atoms with E-state index in [-0.39, 0.29) is 0 Å². The molecule has 160 valence electrons. The number of fused-ring (bicyclic) bond motifs is 5. The number of aryl methyl sites for hydroxylation is 1. The second-order valence-corrected chi connectivity index (χ2v) is 10.2. The van der Waals surface area contributed by atoms with Crippen molar-refractivity contribution in [3.63, 3.8) is 0 Å². The Morgan fingerprint density at radius 1 is 1.13 bits per heavy atom. The van der Waals surface area contributed by atoms with E-state index in [9.17, 15) is 5.11 Å². The lowest BCUT2D eigenvalue weighted by Crippen LogP contribution is -2.48. The smallest absolute Gasteiger partial charge is 0.120 e. The Balaban J connectivity index is 1.33. The van der Waals surface area contributed by atoms with Crippen LogP contribution in [0.1, 0.15) is 61.6 Å². The van der Waals surface area contributed by atoms with Crippen molar-refractivity contribution in [3.8, 4) is 11.5 Å². The van der Waals surface area contributed by atoms with Gasteiger partial charge in [0.05, 0.1) is 7.11 Å². The summed E-state index contributed by atoms with van der Waals surface area (Å²) in [5, 5.41) is 14.7. The summed E-state index contributed by atoms with van der Waals surface area (Å²) in [6.07, 6.45) is 7.55. The Morgan fingerprint density at radius 3 is 2.83 bits per heavy atom. The zero-order chi connectivity index (χ0) is 20.9. The highest BCUT2D eigenvalue weighted by molar-refractivity contribution is 6.30. The minimum atomic E-state index is 0.328. The molecule has 0 unspecified atom stereocenters. The Kier molecular flexibility index (Phi) is 5.23. The van der Waals surface area contributed by atoms with Crippen molar-refractivity contribution in [1.82, 2.24) is 5.32 Å². The molecule has 2 fully saturated rings. The fourth-order valence-electron chi connectivity index (χ4n) is 6.95. The van der Waals surface area contributed by atoms with Gasteiger partial charge < -0.3 is 15.2 Å². The van der Waals surface area contributed by atoms with E-state index in [1.165, 1.54) is 44.1 Å². The predicted octanol–water partition coefficient (Wildman–Crippen LogP) is 6.07. The maximum atomic E-state index is 10.2. The Morgan fingerprint density at radius 2 is 2.00 bits per heavy atom. The van der Waals surface area contributed by atoms with E-state index >= 15 is 0 Å². The van der Waals surface area contributed by atoms with Crippen molar-refractivity contribution in [2.75, 3.05) is 7.11 Å². The Hall–Kier alpha value is -1.71. The van der Waals surface area contributed by atoms with Gasteiger partial charge in [0.15, 0.2) is 0 Å². The molecule has 0 amide bonds. The number of hydrogen-bond donors (Lipinski definition) is 2. The van der Waals surface area contributed by atoms with Crippen LogP contribution in [0.15, 0.2) is 36.4 Å². The molecule has 2 N–H and O–H groups in total. The highest BCUT2D eigenvalue weighted by Gasteiger charge is 2.54. The van der Waals surface area contributed by atoms with Crippen LogP contribution in [0.3, 0.4) is 0 Å². The number of aromatic hydroxyl groups is 1. The molecule has 4 heteroatoms. The van der Waals surface area contributed by atoms with E-state index in [2.05, 4.69) is 30.4 Å². The van der Waals surface area contributed by atoms with Gasteiger partial charge in [-0.2, -0.15) is 0 Å². The van der Waals surface area contributed by atoms with Gasteiger partial charge in [0.25, 0.3) is 0 Å². The molecule has 2 aromatic carbocycles. The molecule has 3 aliphatic carbocycles. The molecule has 0 bridgehead atoms. The molecule has 3 nitrogen and oxygen atoms in total. The summed E-state index contributed by atoms with van der Waals surface area (Å²) in [6.45, 7) is 3.19. The Labute approximate surface area is 184 Å². The third kappa shape index (κ3) is 3.31. The number of nitrogens with one attached hydrogen (secondary N) is 1. The van der Waals surface area contributed by atoms with Gasteiger partial charge in [-0.15, -0.1) is 0 Å². The molecule has 3 aliphatic rings. The number of phenolic OH excluding ortho intramolecular Hbond substituents is 1. The number of rotatable bonds is 4. The molecular formula is C26H32ClNO2. The third-order valence-electron chi connectivity index (χ3n) is 8.51. The standard InChI is InChI=1S/C26H32ClNO2/c1-26-12-11-21-20-7-5-19(30-2)14-16(20)3-6-22(21)23(26)8-10-25(26)28-15-17-13-18(27)4-9-24(17)29/h4-5,7,9,13-14,21-23,25,28-29H,3,6,8,10-12,15H2,1-2H3/t21-,22-,23+,25+,26+/m1/s1. The maximum Gasteiger partial charge on any atom is 0.120 e. The highest BCUT2D eigenvalue weighted by atomic mass is 35.5. The number of halogens is 1. The van der Waals surface area contributed by atoms with Gasteiger partial charge in [0.2, 0.25) is 0 Å². The summed E-state index contributed by atoms with van der Waals surface area (Å²) in [5.74, 6) is 3.58. The van der Waals surface area contributed by atoms with Gasteiger partial charge in [0.1, 0.15) is 11.5 Å². The highest BCUT2D eigenvalue weighted by Crippen LogP contribution is 2.61. The summed E-state index contributed by atoms with van der Waals surface area (Å²) in [6, 6.07) is 12.5.